The zero-order valence-electron chi connectivity index (χ0n) is 16.3. The predicted molar refractivity (Wildman–Crippen MR) is 109 cm³/mol. The number of esters is 1. The third-order valence-corrected chi connectivity index (χ3v) is 4.09. The van der Waals surface area contributed by atoms with Crippen LogP contribution in [-0.4, -0.2) is 34.9 Å². The summed E-state index contributed by atoms with van der Waals surface area (Å²) in [7, 11) is 1.60. The third-order valence-electron chi connectivity index (χ3n) is 4.09. The summed E-state index contributed by atoms with van der Waals surface area (Å²) in [4.78, 5) is 27.0. The van der Waals surface area contributed by atoms with E-state index in [0.717, 1.165) is 17.7 Å². The summed E-state index contributed by atoms with van der Waals surface area (Å²) in [6, 6.07) is 14.1. The number of rotatable bonds is 8. The van der Waals surface area contributed by atoms with Crippen LogP contribution in [-0.2, 0) is 11.2 Å². The highest BCUT2D eigenvalue weighted by molar-refractivity contribution is 5.90. The third kappa shape index (κ3) is 5.41. The number of benzene rings is 2. The molecule has 1 heterocycles. The van der Waals surface area contributed by atoms with Crippen molar-refractivity contribution in [1.29, 1.82) is 0 Å². The van der Waals surface area contributed by atoms with E-state index in [9.17, 15) is 9.59 Å². The van der Waals surface area contributed by atoms with Crippen molar-refractivity contribution in [2.45, 2.75) is 19.8 Å². The first-order valence-corrected chi connectivity index (χ1v) is 9.22. The van der Waals surface area contributed by atoms with Crippen LogP contribution in [0, 0.1) is 0 Å². The molecule has 0 radical (unpaired) electrons. The number of methoxy groups -OCH3 is 1. The zero-order valence-corrected chi connectivity index (χ0v) is 16.3. The molecule has 0 unspecified atom stereocenters. The van der Waals surface area contributed by atoms with E-state index >= 15 is 0 Å². The summed E-state index contributed by atoms with van der Waals surface area (Å²) < 4.78 is 10.3. The Morgan fingerprint density at radius 2 is 1.93 bits per heavy atom. The van der Waals surface area contributed by atoms with Crippen LogP contribution in [0.4, 0.5) is 11.6 Å². The van der Waals surface area contributed by atoms with Crippen molar-refractivity contribution in [3.63, 3.8) is 0 Å². The van der Waals surface area contributed by atoms with Crippen LogP contribution in [0.1, 0.15) is 35.0 Å². The summed E-state index contributed by atoms with van der Waals surface area (Å²) in [6.07, 6.45) is 1.11. The second-order valence-corrected chi connectivity index (χ2v) is 6.32. The molecule has 1 aromatic heterocycles. The van der Waals surface area contributed by atoms with Crippen molar-refractivity contribution in [2.24, 2.45) is 0 Å². The summed E-state index contributed by atoms with van der Waals surface area (Å²) in [5.41, 5.74) is 1.89. The Balaban J connectivity index is 1.70. The van der Waals surface area contributed by atoms with Gasteiger partial charge in [0.05, 0.1) is 19.3 Å². The Bertz CT molecular complexity index is 1030. The molecule has 8 heteroatoms. The standard InChI is InChI=1S/C21H22N4O4/c1-3-11-29-20(27)15-5-4-6-16(13-15)22-21-23-19(26)18(24-25-21)12-14-7-9-17(28-2)10-8-14/h4-10,13H,3,11-12H2,1-2H3,(H2,22,23,25,26). The molecule has 0 spiro atoms. The number of nitrogens with one attached hydrogen (secondary N) is 2. The van der Waals surface area contributed by atoms with Gasteiger partial charge in [0.15, 0.2) is 0 Å². The van der Waals surface area contributed by atoms with E-state index in [1.807, 2.05) is 31.2 Å². The van der Waals surface area contributed by atoms with E-state index in [-0.39, 0.29) is 11.5 Å². The number of carbonyl (C=O) groups is 1. The molecule has 0 amide bonds. The molecule has 3 aromatic rings. The van der Waals surface area contributed by atoms with Gasteiger partial charge in [-0.05, 0) is 42.3 Å². The van der Waals surface area contributed by atoms with Gasteiger partial charge in [0.2, 0.25) is 5.95 Å². The second-order valence-electron chi connectivity index (χ2n) is 6.32. The van der Waals surface area contributed by atoms with Crippen LogP contribution in [0.25, 0.3) is 0 Å². The molecular formula is C21H22N4O4. The van der Waals surface area contributed by atoms with Crippen molar-refractivity contribution >= 4 is 17.6 Å². The summed E-state index contributed by atoms with van der Waals surface area (Å²) in [6.45, 7) is 2.30. The van der Waals surface area contributed by atoms with Crippen molar-refractivity contribution in [3.8, 4) is 5.75 Å². The predicted octanol–water partition coefficient (Wildman–Crippen LogP) is 3.07. The van der Waals surface area contributed by atoms with Gasteiger partial charge in [-0.2, -0.15) is 0 Å². The number of hydrogen-bond acceptors (Lipinski definition) is 7. The van der Waals surface area contributed by atoms with Crippen LogP contribution < -0.4 is 15.6 Å². The fourth-order valence-corrected chi connectivity index (χ4v) is 2.61. The Morgan fingerprint density at radius 3 is 2.62 bits per heavy atom. The smallest absolute Gasteiger partial charge is 0.338 e. The molecule has 0 fully saturated rings. The number of nitrogens with zero attached hydrogens (tertiary/aromatic N) is 2. The molecule has 0 aliphatic carbocycles. The van der Waals surface area contributed by atoms with E-state index < -0.39 is 5.97 Å². The molecule has 8 nitrogen and oxygen atoms in total. The van der Waals surface area contributed by atoms with Gasteiger partial charge in [-0.15, -0.1) is 10.2 Å². The molecule has 0 bridgehead atoms. The van der Waals surface area contributed by atoms with Gasteiger partial charge in [0, 0.05) is 12.1 Å². The lowest BCUT2D eigenvalue weighted by molar-refractivity contribution is 0.0505. The maximum atomic E-state index is 12.4. The highest BCUT2D eigenvalue weighted by Crippen LogP contribution is 2.16. The molecular weight excluding hydrogens is 372 g/mol. The minimum atomic E-state index is -0.398. The van der Waals surface area contributed by atoms with Gasteiger partial charge in [0.1, 0.15) is 11.4 Å². The van der Waals surface area contributed by atoms with Crippen LogP contribution >= 0.6 is 0 Å². The molecule has 3 rings (SSSR count). The van der Waals surface area contributed by atoms with E-state index in [2.05, 4.69) is 20.5 Å². The lowest BCUT2D eigenvalue weighted by Gasteiger charge is -2.08. The average molecular weight is 394 g/mol. The van der Waals surface area contributed by atoms with Crippen molar-refractivity contribution in [1.82, 2.24) is 15.2 Å². The van der Waals surface area contributed by atoms with Gasteiger partial charge in [0.25, 0.3) is 5.56 Å². The first-order valence-electron chi connectivity index (χ1n) is 9.22. The molecule has 2 N–H and O–H groups in total. The zero-order chi connectivity index (χ0) is 20.6. The van der Waals surface area contributed by atoms with E-state index in [0.29, 0.717) is 30.0 Å². The molecule has 150 valence electrons. The molecule has 0 aliphatic heterocycles. The molecule has 29 heavy (non-hydrogen) atoms. The highest BCUT2D eigenvalue weighted by Gasteiger charge is 2.10. The fraction of sp³-hybridized carbons (Fsp3) is 0.238. The lowest BCUT2D eigenvalue weighted by atomic mass is 10.1. The second kappa shape index (κ2) is 9.50. The number of carbonyl (C=O) groups excluding carboxylic acids is 1. The largest absolute Gasteiger partial charge is 0.497 e. The van der Waals surface area contributed by atoms with Gasteiger partial charge in [-0.3, -0.25) is 9.78 Å². The molecule has 0 aliphatic rings. The normalized spacial score (nSPS) is 10.4. The van der Waals surface area contributed by atoms with Crippen LogP contribution in [0.15, 0.2) is 53.3 Å². The number of aromatic nitrogens is 3. The Morgan fingerprint density at radius 1 is 1.14 bits per heavy atom. The summed E-state index contributed by atoms with van der Waals surface area (Å²) in [5, 5.41) is 11.0. The lowest BCUT2D eigenvalue weighted by Crippen LogP contribution is -2.19. The SMILES string of the molecule is CCCOC(=O)c1cccc(Nc2nnc(Cc3ccc(OC)cc3)c(=O)[nH]2)c1. The summed E-state index contributed by atoms with van der Waals surface area (Å²) >= 11 is 0. The van der Waals surface area contributed by atoms with Gasteiger partial charge in [-0.25, -0.2) is 4.79 Å². The van der Waals surface area contributed by atoms with Gasteiger partial charge < -0.3 is 14.8 Å². The Labute approximate surface area is 167 Å². The van der Waals surface area contributed by atoms with Crippen molar-refractivity contribution in [2.75, 3.05) is 19.0 Å². The minimum Gasteiger partial charge on any atom is -0.497 e. The number of hydrogen-bond donors (Lipinski definition) is 2. The molecule has 0 saturated carbocycles. The van der Waals surface area contributed by atoms with Crippen molar-refractivity contribution < 1.29 is 14.3 Å². The number of anilines is 2. The number of ether oxygens (including phenoxy) is 2. The molecule has 0 atom stereocenters. The first-order chi connectivity index (χ1) is 14.1. The Kier molecular flexibility index (Phi) is 6.57. The monoisotopic (exact) mass is 394 g/mol. The van der Waals surface area contributed by atoms with Gasteiger partial charge >= 0.3 is 5.97 Å². The van der Waals surface area contributed by atoms with Crippen LogP contribution in [0.5, 0.6) is 5.75 Å². The van der Waals surface area contributed by atoms with E-state index in [1.54, 1.807) is 31.4 Å². The quantitative estimate of drug-likeness (QED) is 0.566. The maximum Gasteiger partial charge on any atom is 0.338 e. The Hall–Kier alpha value is -3.68. The number of H-pyrrole nitrogens is 1. The van der Waals surface area contributed by atoms with E-state index in [4.69, 9.17) is 9.47 Å². The van der Waals surface area contributed by atoms with Crippen LogP contribution in [0.2, 0.25) is 0 Å². The van der Waals surface area contributed by atoms with E-state index in [1.165, 1.54) is 0 Å². The fourth-order valence-electron chi connectivity index (χ4n) is 2.61. The molecule has 2 aromatic carbocycles. The molecule has 0 saturated heterocycles. The topological polar surface area (TPSA) is 106 Å². The maximum absolute atomic E-state index is 12.4. The minimum absolute atomic E-state index is 0.188. The highest BCUT2D eigenvalue weighted by atomic mass is 16.5. The average Bonchev–Trinajstić information content (AvgIpc) is 2.74. The first kappa shape index (κ1) is 20.1. The summed E-state index contributed by atoms with van der Waals surface area (Å²) in [5.74, 6) is 0.534. The van der Waals surface area contributed by atoms with Gasteiger partial charge in [-0.1, -0.05) is 25.1 Å². The number of aromatic amines is 1. The van der Waals surface area contributed by atoms with Crippen LogP contribution in [0.3, 0.4) is 0 Å². The van der Waals surface area contributed by atoms with Crippen molar-refractivity contribution in [3.05, 3.63) is 75.7 Å².